The zero-order valence-corrected chi connectivity index (χ0v) is 20.0. The fraction of sp³-hybridized carbons (Fsp3) is 0.0769. The van der Waals surface area contributed by atoms with Gasteiger partial charge in [0.25, 0.3) is 5.69 Å². The highest BCUT2D eigenvalue weighted by molar-refractivity contribution is 7.13. The second-order valence-corrected chi connectivity index (χ2v) is 8.83. The van der Waals surface area contributed by atoms with Crippen molar-refractivity contribution >= 4 is 45.3 Å². The van der Waals surface area contributed by atoms with Gasteiger partial charge in [0.1, 0.15) is 16.3 Å². The Labute approximate surface area is 209 Å². The SMILES string of the molecule is CCOc1cccc(N=c2oc3ccc([N+](=O)[O-])cc3cc2-c2nc(-c3ccc(Cl)cc3)cs2)c1. The lowest BCUT2D eigenvalue weighted by Crippen LogP contribution is -2.05. The third kappa shape index (κ3) is 4.94. The number of fused-ring (bicyclic) bond motifs is 1. The number of nitro groups is 1. The average Bonchev–Trinajstić information content (AvgIpc) is 3.34. The third-order valence-corrected chi connectivity index (χ3v) is 6.30. The zero-order chi connectivity index (χ0) is 24.4. The van der Waals surface area contributed by atoms with Gasteiger partial charge in [-0.3, -0.25) is 10.1 Å². The number of aromatic nitrogens is 1. The molecule has 0 radical (unpaired) electrons. The van der Waals surface area contributed by atoms with Crippen LogP contribution in [0.5, 0.6) is 5.75 Å². The molecule has 0 aliphatic rings. The number of hydrogen-bond donors (Lipinski definition) is 0. The van der Waals surface area contributed by atoms with Crippen molar-refractivity contribution in [1.29, 1.82) is 0 Å². The Morgan fingerprint density at radius 2 is 1.94 bits per heavy atom. The van der Waals surface area contributed by atoms with Gasteiger partial charge in [0, 0.05) is 39.6 Å². The molecule has 7 nitrogen and oxygen atoms in total. The van der Waals surface area contributed by atoms with E-state index in [4.69, 9.17) is 30.7 Å². The molecule has 0 bridgehead atoms. The summed E-state index contributed by atoms with van der Waals surface area (Å²) in [5, 5.41) is 15.1. The molecule has 174 valence electrons. The van der Waals surface area contributed by atoms with E-state index in [1.54, 1.807) is 6.07 Å². The molecule has 2 heterocycles. The molecule has 35 heavy (non-hydrogen) atoms. The lowest BCUT2D eigenvalue weighted by molar-refractivity contribution is -0.384. The summed E-state index contributed by atoms with van der Waals surface area (Å²) in [7, 11) is 0. The van der Waals surface area contributed by atoms with Gasteiger partial charge < -0.3 is 9.15 Å². The third-order valence-electron chi connectivity index (χ3n) is 5.17. The number of thiazole rings is 1. The quantitative estimate of drug-likeness (QED) is 0.177. The van der Waals surface area contributed by atoms with Crippen molar-refractivity contribution in [1.82, 2.24) is 4.98 Å². The van der Waals surface area contributed by atoms with Gasteiger partial charge in [0.05, 0.1) is 28.5 Å². The first-order valence-corrected chi connectivity index (χ1v) is 12.0. The first-order valence-electron chi connectivity index (χ1n) is 10.7. The number of nitro benzene ring substituents is 1. The molecule has 0 aliphatic carbocycles. The maximum Gasteiger partial charge on any atom is 0.270 e. The van der Waals surface area contributed by atoms with E-state index >= 15 is 0 Å². The van der Waals surface area contributed by atoms with E-state index in [0.717, 1.165) is 11.3 Å². The fourth-order valence-electron chi connectivity index (χ4n) is 3.55. The maximum atomic E-state index is 11.3. The Kier molecular flexibility index (Phi) is 6.31. The number of halogens is 1. The van der Waals surface area contributed by atoms with E-state index in [-0.39, 0.29) is 5.69 Å². The van der Waals surface area contributed by atoms with Gasteiger partial charge in [0.2, 0.25) is 5.55 Å². The summed E-state index contributed by atoms with van der Waals surface area (Å²) in [6, 6.07) is 21.1. The van der Waals surface area contributed by atoms with Crippen LogP contribution in [-0.2, 0) is 0 Å². The summed E-state index contributed by atoms with van der Waals surface area (Å²) < 4.78 is 11.7. The number of non-ortho nitro benzene ring substituents is 1. The predicted molar refractivity (Wildman–Crippen MR) is 137 cm³/mol. The van der Waals surface area contributed by atoms with E-state index in [1.165, 1.54) is 23.5 Å². The Hall–Kier alpha value is -4.01. The second-order valence-electron chi connectivity index (χ2n) is 7.53. The lowest BCUT2D eigenvalue weighted by Gasteiger charge is -2.05. The van der Waals surface area contributed by atoms with Gasteiger partial charge >= 0.3 is 0 Å². The van der Waals surface area contributed by atoms with Crippen LogP contribution in [0.1, 0.15) is 6.92 Å². The van der Waals surface area contributed by atoms with Gasteiger partial charge in [-0.15, -0.1) is 11.3 Å². The molecular formula is C26H18ClN3O4S. The molecule has 5 rings (SSSR count). The van der Waals surface area contributed by atoms with Gasteiger partial charge in [-0.05, 0) is 43.3 Å². The zero-order valence-electron chi connectivity index (χ0n) is 18.5. The highest BCUT2D eigenvalue weighted by Crippen LogP contribution is 2.31. The number of hydrogen-bond acceptors (Lipinski definition) is 7. The van der Waals surface area contributed by atoms with Crippen LogP contribution in [0.15, 0.2) is 87.6 Å². The smallest absolute Gasteiger partial charge is 0.270 e. The van der Waals surface area contributed by atoms with E-state index < -0.39 is 4.92 Å². The molecule has 0 atom stereocenters. The normalized spacial score (nSPS) is 11.7. The van der Waals surface area contributed by atoms with Crippen LogP contribution >= 0.6 is 22.9 Å². The molecule has 5 aromatic rings. The first-order chi connectivity index (χ1) is 17.0. The first kappa shape index (κ1) is 22.8. The lowest BCUT2D eigenvalue weighted by atomic mass is 10.1. The summed E-state index contributed by atoms with van der Waals surface area (Å²) in [4.78, 5) is 20.4. The topological polar surface area (TPSA) is 90.8 Å². The van der Waals surface area contributed by atoms with Gasteiger partial charge in [-0.25, -0.2) is 9.98 Å². The molecule has 0 aliphatic heterocycles. The molecule has 9 heteroatoms. The van der Waals surface area contributed by atoms with E-state index in [0.29, 0.717) is 50.2 Å². The molecule has 0 N–H and O–H groups in total. The molecule has 2 aromatic heterocycles. The van der Waals surface area contributed by atoms with Gasteiger partial charge in [-0.1, -0.05) is 29.8 Å². The minimum Gasteiger partial charge on any atom is -0.494 e. The van der Waals surface area contributed by atoms with Crippen LogP contribution in [0.2, 0.25) is 5.02 Å². The van der Waals surface area contributed by atoms with E-state index in [2.05, 4.69) is 0 Å². The van der Waals surface area contributed by atoms with Crippen molar-refractivity contribution in [2.45, 2.75) is 6.92 Å². The molecule has 0 amide bonds. The minimum atomic E-state index is -0.432. The molecule has 0 unspecified atom stereocenters. The van der Waals surface area contributed by atoms with E-state index in [1.807, 2.05) is 66.9 Å². The van der Waals surface area contributed by atoms with Crippen LogP contribution in [0.4, 0.5) is 11.4 Å². The molecular weight excluding hydrogens is 486 g/mol. The number of benzene rings is 3. The Morgan fingerprint density at radius 3 is 2.71 bits per heavy atom. The van der Waals surface area contributed by atoms with Crippen LogP contribution in [0, 0.1) is 10.1 Å². The van der Waals surface area contributed by atoms with Gasteiger partial charge in [0.15, 0.2) is 0 Å². The van der Waals surface area contributed by atoms with Crippen molar-refractivity contribution in [3.05, 3.63) is 98.9 Å². The standard InChI is InChI=1S/C26H18ClN3O4S/c1-2-33-21-5-3-4-19(14-21)28-25-22(13-17-12-20(30(31)32)10-11-24(17)34-25)26-29-23(15-35-26)16-6-8-18(27)9-7-16/h3-15H,2H2,1H3. The minimum absolute atomic E-state index is 0.0197. The van der Waals surface area contributed by atoms with E-state index in [9.17, 15) is 10.1 Å². The highest BCUT2D eigenvalue weighted by atomic mass is 35.5. The number of ether oxygens (including phenoxy) is 1. The summed E-state index contributed by atoms with van der Waals surface area (Å²) in [6.45, 7) is 2.46. The van der Waals surface area contributed by atoms with Crippen LogP contribution < -0.4 is 10.3 Å². The molecule has 0 fully saturated rings. The maximum absolute atomic E-state index is 11.3. The van der Waals surface area contributed by atoms with Crippen LogP contribution in [-0.4, -0.2) is 16.5 Å². The average molecular weight is 504 g/mol. The fourth-order valence-corrected chi connectivity index (χ4v) is 4.51. The molecule has 0 saturated carbocycles. The van der Waals surface area contributed by atoms with Crippen molar-refractivity contribution < 1.29 is 14.1 Å². The van der Waals surface area contributed by atoms with Crippen LogP contribution in [0.25, 0.3) is 32.8 Å². The van der Waals surface area contributed by atoms with Gasteiger partial charge in [-0.2, -0.15) is 0 Å². The number of nitrogens with zero attached hydrogens (tertiary/aromatic N) is 3. The molecule has 0 spiro atoms. The summed E-state index contributed by atoms with van der Waals surface area (Å²) in [5.41, 5.74) is 3.79. The Bertz CT molecular complexity index is 1610. The summed E-state index contributed by atoms with van der Waals surface area (Å²) in [6.07, 6.45) is 0. The summed E-state index contributed by atoms with van der Waals surface area (Å²) >= 11 is 7.45. The Balaban J connectivity index is 1.69. The Morgan fingerprint density at radius 1 is 1.11 bits per heavy atom. The number of rotatable bonds is 6. The largest absolute Gasteiger partial charge is 0.494 e. The van der Waals surface area contributed by atoms with Crippen molar-refractivity contribution in [2.24, 2.45) is 4.99 Å². The second kappa shape index (κ2) is 9.69. The highest BCUT2D eigenvalue weighted by Gasteiger charge is 2.15. The predicted octanol–water partition coefficient (Wildman–Crippen LogP) is 7.42. The van der Waals surface area contributed by atoms with Crippen molar-refractivity contribution in [3.63, 3.8) is 0 Å². The van der Waals surface area contributed by atoms with Crippen molar-refractivity contribution in [3.8, 4) is 27.6 Å². The molecule has 3 aromatic carbocycles. The summed E-state index contributed by atoms with van der Waals surface area (Å²) in [5.74, 6) is 0.700. The van der Waals surface area contributed by atoms with Crippen molar-refractivity contribution in [2.75, 3.05) is 6.61 Å². The molecule has 0 saturated heterocycles. The van der Waals surface area contributed by atoms with Crippen LogP contribution in [0.3, 0.4) is 0 Å². The monoisotopic (exact) mass is 503 g/mol.